The summed E-state index contributed by atoms with van der Waals surface area (Å²) in [5.41, 5.74) is 3.45. The lowest BCUT2D eigenvalue weighted by atomic mass is 9.96. The molecule has 40 heavy (non-hydrogen) atoms. The van der Waals surface area contributed by atoms with Crippen LogP contribution in [0.15, 0.2) is 57.9 Å². The first-order valence-corrected chi connectivity index (χ1v) is 15.1. The third kappa shape index (κ3) is 5.78. The van der Waals surface area contributed by atoms with Gasteiger partial charge in [0.1, 0.15) is 11.4 Å². The number of carbonyl (C=O) groups excluding carboxylic acids is 1. The van der Waals surface area contributed by atoms with Crippen molar-refractivity contribution in [2.24, 2.45) is 5.92 Å². The third-order valence-corrected chi connectivity index (χ3v) is 9.81. The number of para-hydroxylation sites is 2. The molecule has 1 aromatic heterocycles. The number of ether oxygens (including phenoxy) is 1. The van der Waals surface area contributed by atoms with Crippen LogP contribution >= 0.6 is 0 Å². The molecule has 3 aromatic rings. The second-order valence-corrected chi connectivity index (χ2v) is 12.2. The molecule has 2 aliphatic heterocycles. The van der Waals surface area contributed by atoms with E-state index < -0.39 is 10.0 Å². The van der Waals surface area contributed by atoms with Gasteiger partial charge in [0.05, 0.1) is 12.8 Å². The molecule has 0 bridgehead atoms. The van der Waals surface area contributed by atoms with E-state index in [-0.39, 0.29) is 35.6 Å². The van der Waals surface area contributed by atoms with Crippen LogP contribution in [0.1, 0.15) is 35.4 Å². The lowest BCUT2D eigenvalue weighted by Gasteiger charge is -2.39. The topological polar surface area (TPSA) is 96.2 Å². The molecular weight excluding hydrogens is 528 g/mol. The number of carbonyl (C=O) groups is 1. The monoisotopic (exact) mass is 564 g/mol. The van der Waals surface area contributed by atoms with Gasteiger partial charge in [0.2, 0.25) is 15.9 Å². The molecule has 0 atom stereocenters. The molecule has 0 unspecified atom stereocenters. The van der Waals surface area contributed by atoms with E-state index in [2.05, 4.69) is 10.1 Å². The fourth-order valence-corrected chi connectivity index (χ4v) is 7.16. The summed E-state index contributed by atoms with van der Waals surface area (Å²) in [5.74, 6) is 0.963. The van der Waals surface area contributed by atoms with Crippen LogP contribution < -0.4 is 9.64 Å². The van der Waals surface area contributed by atoms with Gasteiger partial charge in [-0.2, -0.15) is 4.31 Å². The van der Waals surface area contributed by atoms with Crippen molar-refractivity contribution in [3.05, 3.63) is 71.1 Å². The Morgan fingerprint density at radius 2 is 1.62 bits per heavy atom. The maximum absolute atomic E-state index is 13.6. The zero-order valence-corrected chi connectivity index (χ0v) is 24.1. The second kappa shape index (κ2) is 11.9. The quantitative estimate of drug-likeness (QED) is 0.424. The van der Waals surface area contributed by atoms with Crippen LogP contribution in [0.3, 0.4) is 0 Å². The Bertz CT molecular complexity index is 1470. The Morgan fingerprint density at radius 1 is 0.950 bits per heavy atom. The Kier molecular flexibility index (Phi) is 8.27. The largest absolute Gasteiger partial charge is 0.495 e. The number of amides is 1. The minimum atomic E-state index is -3.83. The molecule has 0 radical (unpaired) electrons. The van der Waals surface area contributed by atoms with Crippen molar-refractivity contribution >= 4 is 33.8 Å². The molecule has 0 spiro atoms. The van der Waals surface area contributed by atoms with Crippen molar-refractivity contribution < 1.29 is 22.5 Å². The first kappa shape index (κ1) is 27.9. The molecule has 212 valence electrons. The van der Waals surface area contributed by atoms with Crippen molar-refractivity contribution in [3.63, 3.8) is 0 Å². The number of anilines is 1. The highest BCUT2D eigenvalue weighted by Gasteiger charge is 2.37. The van der Waals surface area contributed by atoms with Gasteiger partial charge < -0.3 is 19.1 Å². The SMILES string of the molecule is COc1ccccc1N1CCN(C(=O)C2CCN(S(=O)(=O)c3c(C)noc3/C=C/c3ccc(C)cc3)CC2)CC1. The number of nitrogens with zero attached hydrogens (tertiary/aromatic N) is 4. The van der Waals surface area contributed by atoms with Crippen LogP contribution in [-0.4, -0.2) is 75.1 Å². The summed E-state index contributed by atoms with van der Waals surface area (Å²) in [7, 11) is -2.16. The van der Waals surface area contributed by atoms with Gasteiger partial charge in [-0.05, 0) is 50.5 Å². The van der Waals surface area contributed by atoms with Gasteiger partial charge in [0.25, 0.3) is 0 Å². The van der Waals surface area contributed by atoms with E-state index in [1.165, 1.54) is 4.31 Å². The van der Waals surface area contributed by atoms with Crippen molar-refractivity contribution in [2.45, 2.75) is 31.6 Å². The number of piperazine rings is 1. The molecule has 9 nitrogen and oxygen atoms in total. The van der Waals surface area contributed by atoms with E-state index in [4.69, 9.17) is 9.26 Å². The van der Waals surface area contributed by atoms with Crippen molar-refractivity contribution in [1.82, 2.24) is 14.4 Å². The van der Waals surface area contributed by atoms with Crippen LogP contribution in [0.25, 0.3) is 12.2 Å². The third-order valence-electron chi connectivity index (χ3n) is 7.76. The molecule has 0 N–H and O–H groups in total. The zero-order chi connectivity index (χ0) is 28.3. The standard InChI is InChI=1S/C30H36N4O5S/c1-22-8-10-24(11-9-22)12-13-28-29(23(2)31-39-28)40(36,37)34-16-14-25(15-17-34)30(35)33-20-18-32(19-21-33)26-6-4-5-7-27(26)38-3/h4-13,25H,14-21H2,1-3H3/b13-12+. The minimum Gasteiger partial charge on any atom is -0.495 e. The lowest BCUT2D eigenvalue weighted by Crippen LogP contribution is -2.52. The number of aromatic nitrogens is 1. The predicted molar refractivity (Wildman–Crippen MR) is 155 cm³/mol. The Hall–Kier alpha value is -3.63. The highest BCUT2D eigenvalue weighted by Crippen LogP contribution is 2.31. The summed E-state index contributed by atoms with van der Waals surface area (Å²) in [6, 6.07) is 15.8. The van der Waals surface area contributed by atoms with E-state index >= 15 is 0 Å². The number of sulfonamides is 1. The maximum atomic E-state index is 13.6. The van der Waals surface area contributed by atoms with Crippen LogP contribution in [0.5, 0.6) is 5.75 Å². The molecule has 1 amide bonds. The molecule has 5 rings (SSSR count). The second-order valence-electron chi connectivity index (χ2n) is 10.4. The molecule has 2 saturated heterocycles. The lowest BCUT2D eigenvalue weighted by molar-refractivity contribution is -0.137. The van der Waals surface area contributed by atoms with Gasteiger partial charge in [-0.15, -0.1) is 0 Å². The van der Waals surface area contributed by atoms with Gasteiger partial charge in [0, 0.05) is 45.2 Å². The summed E-state index contributed by atoms with van der Waals surface area (Å²) in [4.78, 5) is 17.6. The maximum Gasteiger partial charge on any atom is 0.248 e. The van der Waals surface area contributed by atoms with Crippen LogP contribution in [0.4, 0.5) is 5.69 Å². The van der Waals surface area contributed by atoms with Gasteiger partial charge in [-0.1, -0.05) is 53.2 Å². The number of rotatable bonds is 7. The summed E-state index contributed by atoms with van der Waals surface area (Å²) < 4.78 is 39.6. The van der Waals surface area contributed by atoms with E-state index in [9.17, 15) is 13.2 Å². The highest BCUT2D eigenvalue weighted by molar-refractivity contribution is 7.89. The number of hydrogen-bond acceptors (Lipinski definition) is 7. The summed E-state index contributed by atoms with van der Waals surface area (Å²) in [6.07, 6.45) is 4.45. The first-order chi connectivity index (χ1) is 19.3. The van der Waals surface area contributed by atoms with Gasteiger partial charge in [-0.3, -0.25) is 4.79 Å². The Labute approximate surface area is 236 Å². The smallest absolute Gasteiger partial charge is 0.248 e. The molecule has 2 aliphatic rings. The molecular formula is C30H36N4O5S. The molecule has 0 saturated carbocycles. The van der Waals surface area contributed by atoms with Crippen LogP contribution in [0, 0.1) is 19.8 Å². The van der Waals surface area contributed by atoms with Gasteiger partial charge in [-0.25, -0.2) is 8.42 Å². The number of methoxy groups -OCH3 is 1. The normalized spacial score (nSPS) is 17.5. The molecule has 10 heteroatoms. The fourth-order valence-electron chi connectivity index (χ4n) is 5.44. The average molecular weight is 565 g/mol. The van der Waals surface area contributed by atoms with Crippen molar-refractivity contribution in [2.75, 3.05) is 51.3 Å². The fraction of sp³-hybridized carbons (Fsp3) is 0.400. The first-order valence-electron chi connectivity index (χ1n) is 13.7. The molecule has 2 aromatic carbocycles. The van der Waals surface area contributed by atoms with Crippen molar-refractivity contribution in [1.29, 1.82) is 0 Å². The minimum absolute atomic E-state index is 0.0908. The molecule has 0 aliphatic carbocycles. The Morgan fingerprint density at radius 3 is 2.30 bits per heavy atom. The summed E-state index contributed by atoms with van der Waals surface area (Å²) in [5, 5.41) is 3.94. The summed E-state index contributed by atoms with van der Waals surface area (Å²) in [6.45, 7) is 6.93. The summed E-state index contributed by atoms with van der Waals surface area (Å²) >= 11 is 0. The van der Waals surface area contributed by atoms with E-state index in [1.54, 1.807) is 20.1 Å². The number of piperidine rings is 1. The highest BCUT2D eigenvalue weighted by atomic mass is 32.2. The predicted octanol–water partition coefficient (Wildman–Crippen LogP) is 4.22. The van der Waals surface area contributed by atoms with Gasteiger partial charge in [0.15, 0.2) is 10.7 Å². The number of hydrogen-bond donors (Lipinski definition) is 0. The zero-order valence-electron chi connectivity index (χ0n) is 23.2. The van der Waals surface area contributed by atoms with E-state index in [0.717, 1.165) is 35.7 Å². The van der Waals surface area contributed by atoms with E-state index in [0.29, 0.717) is 31.6 Å². The molecule has 2 fully saturated rings. The number of aryl methyl sites for hydroxylation is 2. The van der Waals surface area contributed by atoms with Crippen LogP contribution in [-0.2, 0) is 14.8 Å². The van der Waals surface area contributed by atoms with Gasteiger partial charge >= 0.3 is 0 Å². The van der Waals surface area contributed by atoms with E-state index in [1.807, 2.05) is 66.4 Å². The number of benzene rings is 2. The van der Waals surface area contributed by atoms with Crippen molar-refractivity contribution in [3.8, 4) is 5.75 Å². The van der Waals surface area contributed by atoms with Crippen LogP contribution in [0.2, 0.25) is 0 Å². The average Bonchev–Trinajstić information content (AvgIpc) is 3.37. The molecule has 3 heterocycles. The Balaban J connectivity index is 1.20.